The van der Waals surface area contributed by atoms with E-state index in [-0.39, 0.29) is 12.1 Å². The number of fused-ring (bicyclic) bond motifs is 10. The number of anilines is 3. The minimum Gasteiger partial charge on any atom is -0.310 e. The van der Waals surface area contributed by atoms with Gasteiger partial charge in [0.2, 0.25) is 6.71 Å². The van der Waals surface area contributed by atoms with Gasteiger partial charge in [0.1, 0.15) is 0 Å². The summed E-state index contributed by atoms with van der Waals surface area (Å²) in [5.41, 5.74) is 25.2. The van der Waals surface area contributed by atoms with E-state index in [1.54, 1.807) is 0 Å². The van der Waals surface area contributed by atoms with Crippen LogP contribution in [0.2, 0.25) is 0 Å². The number of aromatic nitrogens is 2. The predicted molar refractivity (Wildman–Crippen MR) is 345 cm³/mol. The Morgan fingerprint density at radius 2 is 0.827 bits per heavy atom. The number of rotatable bonds is 7. The standard InChI is InChI=1S/C76H54BN3S/c1-76(2,3)55-41-38-50(39-42-55)54-45-70-73-72(46-54)81-75-64(47-56(78-65-34-17-13-28-59(65)60-29-14-18-35-66(60)78)48-71(75)79-67-36-19-15-30-61(67)62-31-16-20-37-68(62)79)77(73)63-44-53(49-22-7-4-8-23-49)40-43-69(63)80(70)74-57(51-24-9-5-10-25-51)32-21-33-58(74)52-26-11-6-12-27-52/h4-48H,1-3H3. The van der Waals surface area contributed by atoms with Crippen LogP contribution in [0.3, 0.4) is 0 Å². The first-order valence-electron chi connectivity index (χ1n) is 28.2. The molecule has 0 fully saturated rings. The van der Waals surface area contributed by atoms with Crippen molar-refractivity contribution in [2.75, 3.05) is 4.90 Å². The number of para-hydroxylation sites is 5. The van der Waals surface area contributed by atoms with Gasteiger partial charge < -0.3 is 14.0 Å². The normalized spacial score (nSPS) is 12.8. The number of hydrogen-bond acceptors (Lipinski definition) is 2. The largest absolute Gasteiger partial charge is 0.310 e. The SMILES string of the molecule is CC(C)(C)c1ccc(-c2cc3c4c(c2)N(c2c(-c5ccccc5)cccc2-c2ccccc2)c2ccc(-c5ccccc5)cc2B4c2cc(-n4c5ccccc5c5ccccc54)cc(-n4c5ccccc5c5ccccc54)c2S3)cc1. The van der Waals surface area contributed by atoms with Gasteiger partial charge in [0.15, 0.2) is 0 Å². The van der Waals surface area contributed by atoms with Gasteiger partial charge in [-0.15, -0.1) is 0 Å². The Labute approximate surface area is 477 Å². The van der Waals surface area contributed by atoms with E-state index in [0.29, 0.717) is 0 Å². The smallest absolute Gasteiger partial charge is 0.249 e. The maximum absolute atomic E-state index is 2.65. The van der Waals surface area contributed by atoms with Gasteiger partial charge in [0.25, 0.3) is 0 Å². The Hall–Kier alpha value is -9.55. The molecule has 12 aromatic carbocycles. The molecule has 0 N–H and O–H groups in total. The molecule has 0 radical (unpaired) electrons. The molecule has 0 saturated heterocycles. The highest BCUT2D eigenvalue weighted by Crippen LogP contribution is 2.52. The van der Waals surface area contributed by atoms with Crippen molar-refractivity contribution >= 4 is 95.5 Å². The van der Waals surface area contributed by atoms with Crippen LogP contribution in [0, 0.1) is 0 Å². The Balaban J connectivity index is 1.07. The van der Waals surface area contributed by atoms with Crippen molar-refractivity contribution in [1.82, 2.24) is 9.13 Å². The van der Waals surface area contributed by atoms with E-state index < -0.39 is 0 Å². The van der Waals surface area contributed by atoms with Crippen LogP contribution in [0.5, 0.6) is 0 Å². The van der Waals surface area contributed by atoms with Crippen LogP contribution in [0.25, 0.3) is 99.5 Å². The molecule has 382 valence electrons. The number of hydrogen-bond donors (Lipinski definition) is 0. The average Bonchev–Trinajstić information content (AvgIpc) is 3.49. The molecule has 14 aromatic rings. The van der Waals surface area contributed by atoms with Gasteiger partial charge in [-0.05, 0) is 110 Å². The van der Waals surface area contributed by atoms with Crippen molar-refractivity contribution in [3.05, 3.63) is 279 Å². The molecule has 3 nitrogen and oxygen atoms in total. The lowest BCUT2D eigenvalue weighted by molar-refractivity contribution is 0.590. The van der Waals surface area contributed by atoms with Gasteiger partial charge in [-0.25, -0.2) is 0 Å². The third kappa shape index (κ3) is 7.53. The molecule has 81 heavy (non-hydrogen) atoms. The van der Waals surface area contributed by atoms with E-state index in [9.17, 15) is 0 Å². The predicted octanol–water partition coefficient (Wildman–Crippen LogP) is 18.6. The van der Waals surface area contributed by atoms with Crippen molar-refractivity contribution in [2.45, 2.75) is 36.0 Å². The Morgan fingerprint density at radius 3 is 1.37 bits per heavy atom. The summed E-state index contributed by atoms with van der Waals surface area (Å²) in [5.74, 6) is 0. The summed E-state index contributed by atoms with van der Waals surface area (Å²) in [7, 11) is 0. The Bertz CT molecular complexity index is 4660. The fourth-order valence-electron chi connectivity index (χ4n) is 13.4. The van der Waals surface area contributed by atoms with Crippen molar-refractivity contribution in [2.24, 2.45) is 0 Å². The number of nitrogens with zero attached hydrogens (tertiary/aromatic N) is 3. The summed E-state index contributed by atoms with van der Waals surface area (Å²) >= 11 is 1.94. The molecule has 0 saturated carbocycles. The molecule has 16 rings (SSSR count). The molecular formula is C76H54BN3S. The zero-order valence-electron chi connectivity index (χ0n) is 45.3. The van der Waals surface area contributed by atoms with E-state index in [0.717, 1.165) is 17.1 Å². The Kier molecular flexibility index (Phi) is 10.9. The molecule has 0 spiro atoms. The first-order valence-corrected chi connectivity index (χ1v) is 29.0. The third-order valence-electron chi connectivity index (χ3n) is 17.1. The molecule has 4 heterocycles. The van der Waals surface area contributed by atoms with Gasteiger partial charge in [-0.1, -0.05) is 256 Å². The topological polar surface area (TPSA) is 13.1 Å². The average molecular weight is 1050 g/mol. The highest BCUT2D eigenvalue weighted by atomic mass is 32.2. The summed E-state index contributed by atoms with van der Waals surface area (Å²) in [6, 6.07) is 102. The van der Waals surface area contributed by atoms with Gasteiger partial charge in [0.05, 0.1) is 33.4 Å². The van der Waals surface area contributed by atoms with Gasteiger partial charge in [0, 0.05) is 59.5 Å². The van der Waals surface area contributed by atoms with E-state index in [4.69, 9.17) is 0 Å². The maximum atomic E-state index is 2.65. The summed E-state index contributed by atoms with van der Waals surface area (Å²) in [6.07, 6.45) is 0. The first-order chi connectivity index (χ1) is 39.8. The maximum Gasteiger partial charge on any atom is 0.249 e. The fraction of sp³-hybridized carbons (Fsp3) is 0.0526. The van der Waals surface area contributed by atoms with Crippen molar-refractivity contribution in [3.63, 3.8) is 0 Å². The molecule has 2 aliphatic heterocycles. The molecule has 2 aromatic heterocycles. The van der Waals surface area contributed by atoms with Crippen LogP contribution in [0.15, 0.2) is 283 Å². The molecule has 0 amide bonds. The van der Waals surface area contributed by atoms with Gasteiger partial charge in [-0.3, -0.25) is 0 Å². The third-order valence-corrected chi connectivity index (χ3v) is 18.3. The van der Waals surface area contributed by atoms with E-state index >= 15 is 0 Å². The van der Waals surface area contributed by atoms with Crippen molar-refractivity contribution in [3.8, 4) is 55.9 Å². The van der Waals surface area contributed by atoms with E-state index in [2.05, 4.69) is 308 Å². The summed E-state index contributed by atoms with van der Waals surface area (Å²) in [5, 5.41) is 4.97. The van der Waals surface area contributed by atoms with Crippen LogP contribution in [-0.2, 0) is 5.41 Å². The van der Waals surface area contributed by atoms with Crippen molar-refractivity contribution < 1.29 is 0 Å². The van der Waals surface area contributed by atoms with E-state index in [1.165, 1.54) is 131 Å². The lowest BCUT2D eigenvalue weighted by atomic mass is 9.34. The molecule has 0 bridgehead atoms. The molecule has 2 aliphatic rings. The van der Waals surface area contributed by atoms with Crippen LogP contribution < -0.4 is 21.3 Å². The monoisotopic (exact) mass is 1050 g/mol. The summed E-state index contributed by atoms with van der Waals surface area (Å²) < 4.78 is 5.08. The lowest BCUT2D eigenvalue weighted by Gasteiger charge is -2.42. The molecular weight excluding hydrogens is 998 g/mol. The first kappa shape index (κ1) is 47.5. The van der Waals surface area contributed by atoms with Crippen LogP contribution in [0.4, 0.5) is 17.1 Å². The van der Waals surface area contributed by atoms with E-state index in [1.807, 2.05) is 11.8 Å². The Morgan fingerprint density at radius 1 is 0.346 bits per heavy atom. The molecule has 0 aliphatic carbocycles. The minimum absolute atomic E-state index is 0.0164. The lowest BCUT2D eigenvalue weighted by Crippen LogP contribution is -2.60. The highest BCUT2D eigenvalue weighted by molar-refractivity contribution is 8.00. The zero-order chi connectivity index (χ0) is 53.9. The summed E-state index contributed by atoms with van der Waals surface area (Å²) in [6.45, 7) is 6.73. The van der Waals surface area contributed by atoms with Crippen molar-refractivity contribution in [1.29, 1.82) is 0 Å². The van der Waals surface area contributed by atoms with Gasteiger partial charge in [-0.2, -0.15) is 0 Å². The highest BCUT2D eigenvalue weighted by Gasteiger charge is 2.44. The minimum atomic E-state index is -0.164. The quantitative estimate of drug-likeness (QED) is 0.148. The second-order valence-electron chi connectivity index (χ2n) is 22.8. The van der Waals surface area contributed by atoms with Crippen LogP contribution >= 0.6 is 11.8 Å². The van der Waals surface area contributed by atoms with Gasteiger partial charge >= 0.3 is 0 Å². The molecule has 0 atom stereocenters. The molecule has 5 heteroatoms. The zero-order valence-corrected chi connectivity index (χ0v) is 46.1. The second-order valence-corrected chi connectivity index (χ2v) is 23.9. The fourth-order valence-corrected chi connectivity index (χ4v) is 14.7. The number of benzene rings is 12. The van der Waals surface area contributed by atoms with Crippen LogP contribution in [0.1, 0.15) is 26.3 Å². The second kappa shape index (κ2) is 18.5. The summed E-state index contributed by atoms with van der Waals surface area (Å²) in [4.78, 5) is 5.16. The van der Waals surface area contributed by atoms with Crippen LogP contribution in [-0.4, -0.2) is 15.8 Å². The molecule has 0 unspecified atom stereocenters.